The molecule has 0 saturated carbocycles. The lowest BCUT2D eigenvalue weighted by Crippen LogP contribution is -2.43. The molecule has 4 rings (SSSR count). The number of benzene rings is 2. The number of nitrogens with zero attached hydrogens (tertiary/aromatic N) is 3. The lowest BCUT2D eigenvalue weighted by atomic mass is 10.1. The minimum Gasteiger partial charge on any atom is -0.494 e. The van der Waals surface area contributed by atoms with E-state index in [4.69, 9.17) is 19.4 Å². The summed E-state index contributed by atoms with van der Waals surface area (Å²) >= 11 is 0. The fourth-order valence-electron chi connectivity index (χ4n) is 3.49. The van der Waals surface area contributed by atoms with E-state index in [0.29, 0.717) is 24.0 Å². The van der Waals surface area contributed by atoms with Gasteiger partial charge in [0.1, 0.15) is 17.3 Å². The second-order valence-corrected chi connectivity index (χ2v) is 8.98. The van der Waals surface area contributed by atoms with Crippen molar-refractivity contribution in [2.75, 3.05) is 18.5 Å². The van der Waals surface area contributed by atoms with Gasteiger partial charge in [0, 0.05) is 34.6 Å². The van der Waals surface area contributed by atoms with E-state index in [9.17, 15) is 4.79 Å². The summed E-state index contributed by atoms with van der Waals surface area (Å²) in [5.74, 6) is 2.30. The number of ether oxygens (including phenoxy) is 2. The maximum atomic E-state index is 12.1. The van der Waals surface area contributed by atoms with Crippen LogP contribution in [0.3, 0.4) is 0 Å². The van der Waals surface area contributed by atoms with Gasteiger partial charge in [-0.05, 0) is 70.2 Å². The molecule has 0 atom stereocenters. The molecule has 0 bridgehead atoms. The van der Waals surface area contributed by atoms with Crippen LogP contribution in [-0.2, 0) is 4.79 Å². The van der Waals surface area contributed by atoms with Gasteiger partial charge in [0.15, 0.2) is 12.4 Å². The lowest BCUT2D eigenvalue weighted by Gasteiger charge is -2.20. The second-order valence-electron chi connectivity index (χ2n) is 8.98. The van der Waals surface area contributed by atoms with Crippen LogP contribution in [0.1, 0.15) is 27.7 Å². The zero-order chi connectivity index (χ0) is 24.8. The van der Waals surface area contributed by atoms with E-state index in [0.717, 1.165) is 27.9 Å². The number of aromatic nitrogens is 3. The molecule has 2 heterocycles. The number of carbonyl (C=O) groups excluding carboxylic acids is 1. The quantitative estimate of drug-likeness (QED) is 0.368. The van der Waals surface area contributed by atoms with Crippen LogP contribution in [0.15, 0.2) is 67.0 Å². The Morgan fingerprint density at radius 2 is 1.71 bits per heavy atom. The Morgan fingerprint density at radius 3 is 2.46 bits per heavy atom. The highest BCUT2D eigenvalue weighted by Gasteiger charge is 2.15. The molecule has 0 aliphatic heterocycles. The molecule has 2 aromatic carbocycles. The Bertz CT molecular complexity index is 1320. The summed E-state index contributed by atoms with van der Waals surface area (Å²) in [4.78, 5) is 25.8. The highest BCUT2D eigenvalue weighted by Crippen LogP contribution is 2.31. The number of hydrogen-bond acceptors (Lipinski definition) is 7. The van der Waals surface area contributed by atoms with Crippen LogP contribution in [-0.4, -0.2) is 39.6 Å². The van der Waals surface area contributed by atoms with Gasteiger partial charge in [0.05, 0.1) is 12.1 Å². The van der Waals surface area contributed by atoms with E-state index >= 15 is 0 Å². The topological polar surface area (TPSA) is 98.3 Å². The summed E-state index contributed by atoms with van der Waals surface area (Å²) in [5.41, 5.74) is 2.08. The molecule has 0 spiro atoms. The summed E-state index contributed by atoms with van der Waals surface area (Å²) in [6.45, 7) is 8.22. The van der Waals surface area contributed by atoms with Gasteiger partial charge >= 0.3 is 0 Å². The second kappa shape index (κ2) is 10.4. The van der Waals surface area contributed by atoms with Gasteiger partial charge in [-0.3, -0.25) is 9.78 Å². The molecular formula is C27H29N5O3. The van der Waals surface area contributed by atoms with Gasteiger partial charge in [0.25, 0.3) is 5.91 Å². The Labute approximate surface area is 204 Å². The standard InChI is InChI=1S/C27H29N5O3/c1-5-34-21-9-10-23-22(16-21)26(29-19-11-13-28-14-12-19)31-25(30-23)18-7-6-8-20(15-18)35-17-24(33)32-27(2,3)4/h6-16H,5,17H2,1-4H3,(H,32,33)(H,28,29,30,31). The Kier molecular flexibility index (Phi) is 7.10. The average Bonchev–Trinajstić information content (AvgIpc) is 2.83. The molecule has 0 aliphatic rings. The molecule has 4 aromatic rings. The SMILES string of the molecule is CCOc1ccc2nc(-c3cccc(OCC(=O)NC(C)(C)C)c3)nc(Nc3ccncc3)c2c1. The number of pyridine rings is 1. The van der Waals surface area contributed by atoms with E-state index in [-0.39, 0.29) is 18.1 Å². The summed E-state index contributed by atoms with van der Waals surface area (Å²) in [7, 11) is 0. The first-order chi connectivity index (χ1) is 16.8. The van der Waals surface area contributed by atoms with Gasteiger partial charge in [-0.15, -0.1) is 0 Å². The molecule has 0 fully saturated rings. The van der Waals surface area contributed by atoms with Crippen LogP contribution >= 0.6 is 0 Å². The van der Waals surface area contributed by atoms with E-state index in [1.54, 1.807) is 18.5 Å². The van der Waals surface area contributed by atoms with Crippen molar-refractivity contribution < 1.29 is 14.3 Å². The molecule has 0 aliphatic carbocycles. The molecule has 0 saturated heterocycles. The number of rotatable bonds is 8. The Morgan fingerprint density at radius 1 is 0.943 bits per heavy atom. The van der Waals surface area contributed by atoms with Gasteiger partial charge in [-0.25, -0.2) is 9.97 Å². The average molecular weight is 472 g/mol. The van der Waals surface area contributed by atoms with Crippen molar-refractivity contribution in [2.24, 2.45) is 0 Å². The van der Waals surface area contributed by atoms with E-state index in [1.165, 1.54) is 0 Å². The zero-order valence-electron chi connectivity index (χ0n) is 20.3. The van der Waals surface area contributed by atoms with Crippen molar-refractivity contribution >= 4 is 28.3 Å². The first kappa shape index (κ1) is 23.9. The van der Waals surface area contributed by atoms with Gasteiger partial charge in [-0.2, -0.15) is 0 Å². The molecule has 8 nitrogen and oxygen atoms in total. The number of anilines is 2. The number of fused-ring (bicyclic) bond motifs is 1. The van der Waals surface area contributed by atoms with E-state index < -0.39 is 0 Å². The van der Waals surface area contributed by atoms with Crippen LogP contribution in [0.5, 0.6) is 11.5 Å². The first-order valence-electron chi connectivity index (χ1n) is 11.5. The van der Waals surface area contributed by atoms with Crippen molar-refractivity contribution in [3.05, 3.63) is 67.0 Å². The van der Waals surface area contributed by atoms with E-state index in [2.05, 4.69) is 15.6 Å². The minimum absolute atomic E-state index is 0.0750. The highest BCUT2D eigenvalue weighted by molar-refractivity contribution is 5.93. The highest BCUT2D eigenvalue weighted by atomic mass is 16.5. The minimum atomic E-state index is -0.318. The normalized spacial score (nSPS) is 11.2. The first-order valence-corrected chi connectivity index (χ1v) is 11.5. The predicted molar refractivity (Wildman–Crippen MR) is 137 cm³/mol. The van der Waals surface area contributed by atoms with Crippen molar-refractivity contribution in [3.8, 4) is 22.9 Å². The third-order valence-corrected chi connectivity index (χ3v) is 4.90. The summed E-state index contributed by atoms with van der Waals surface area (Å²) in [6.07, 6.45) is 3.43. The molecule has 0 unspecified atom stereocenters. The van der Waals surface area contributed by atoms with Crippen LogP contribution in [0, 0.1) is 0 Å². The van der Waals surface area contributed by atoms with Crippen molar-refractivity contribution in [1.29, 1.82) is 0 Å². The summed E-state index contributed by atoms with van der Waals surface area (Å²) < 4.78 is 11.4. The van der Waals surface area contributed by atoms with Gasteiger partial charge in [-0.1, -0.05) is 12.1 Å². The maximum absolute atomic E-state index is 12.1. The summed E-state index contributed by atoms with van der Waals surface area (Å²) in [6, 6.07) is 16.9. The number of amides is 1. The van der Waals surface area contributed by atoms with Crippen molar-refractivity contribution in [2.45, 2.75) is 33.2 Å². The van der Waals surface area contributed by atoms with Crippen LogP contribution in [0.4, 0.5) is 11.5 Å². The van der Waals surface area contributed by atoms with Crippen LogP contribution in [0.2, 0.25) is 0 Å². The molecule has 2 aromatic heterocycles. The van der Waals surface area contributed by atoms with Crippen LogP contribution in [0.25, 0.3) is 22.3 Å². The fraction of sp³-hybridized carbons (Fsp3) is 0.259. The molecule has 180 valence electrons. The summed E-state index contributed by atoms with van der Waals surface area (Å²) in [5, 5.41) is 7.10. The number of hydrogen-bond donors (Lipinski definition) is 2. The third-order valence-electron chi connectivity index (χ3n) is 4.90. The van der Waals surface area contributed by atoms with Crippen molar-refractivity contribution in [1.82, 2.24) is 20.3 Å². The number of nitrogens with one attached hydrogen (secondary N) is 2. The predicted octanol–water partition coefficient (Wildman–Crippen LogP) is 5.13. The third kappa shape index (κ3) is 6.44. The van der Waals surface area contributed by atoms with Crippen molar-refractivity contribution in [3.63, 3.8) is 0 Å². The molecule has 1 amide bonds. The molecule has 2 N–H and O–H groups in total. The lowest BCUT2D eigenvalue weighted by molar-refractivity contribution is -0.124. The van der Waals surface area contributed by atoms with Crippen LogP contribution < -0.4 is 20.1 Å². The molecular weight excluding hydrogens is 442 g/mol. The largest absolute Gasteiger partial charge is 0.494 e. The molecule has 8 heteroatoms. The monoisotopic (exact) mass is 471 g/mol. The Hall–Kier alpha value is -4.20. The smallest absolute Gasteiger partial charge is 0.258 e. The maximum Gasteiger partial charge on any atom is 0.258 e. The van der Waals surface area contributed by atoms with Gasteiger partial charge in [0.2, 0.25) is 0 Å². The molecule has 35 heavy (non-hydrogen) atoms. The van der Waals surface area contributed by atoms with E-state index in [1.807, 2.05) is 76.2 Å². The molecule has 0 radical (unpaired) electrons. The Balaban J connectivity index is 1.66. The van der Waals surface area contributed by atoms with Gasteiger partial charge < -0.3 is 20.1 Å². The number of carbonyl (C=O) groups is 1. The zero-order valence-corrected chi connectivity index (χ0v) is 20.3. The fourth-order valence-corrected chi connectivity index (χ4v) is 3.49.